The van der Waals surface area contributed by atoms with Gasteiger partial charge >= 0.3 is 0 Å². The number of carbonyl (C=O) groups excluding carboxylic acids is 1. The monoisotopic (exact) mass is 382 g/mol. The van der Waals surface area contributed by atoms with E-state index >= 15 is 0 Å². The quantitative estimate of drug-likeness (QED) is 0.481. The molecule has 5 nitrogen and oxygen atoms in total. The Labute approximate surface area is 167 Å². The van der Waals surface area contributed by atoms with Crippen LogP contribution in [0.1, 0.15) is 18.1 Å². The van der Waals surface area contributed by atoms with Gasteiger partial charge in [-0.2, -0.15) is 0 Å². The van der Waals surface area contributed by atoms with E-state index in [4.69, 9.17) is 9.15 Å². The summed E-state index contributed by atoms with van der Waals surface area (Å²) in [6, 6.07) is 21.1. The van der Waals surface area contributed by atoms with Crippen molar-refractivity contribution in [2.45, 2.75) is 6.92 Å². The molecular weight excluding hydrogens is 364 g/mol. The van der Waals surface area contributed by atoms with Crippen molar-refractivity contribution in [2.75, 3.05) is 11.9 Å². The maximum atomic E-state index is 12.6. The van der Waals surface area contributed by atoms with E-state index in [1.807, 2.05) is 79.7 Å². The van der Waals surface area contributed by atoms with Crippen molar-refractivity contribution in [3.63, 3.8) is 0 Å². The van der Waals surface area contributed by atoms with Gasteiger partial charge in [-0.05, 0) is 43.3 Å². The van der Waals surface area contributed by atoms with Crippen LogP contribution in [0.4, 0.5) is 5.69 Å². The number of fused-ring (bicyclic) bond motifs is 2. The Morgan fingerprint density at radius 2 is 1.90 bits per heavy atom. The molecule has 2 heterocycles. The largest absolute Gasteiger partial charge is 0.493 e. The molecule has 0 aliphatic carbocycles. The van der Waals surface area contributed by atoms with Crippen LogP contribution in [0.5, 0.6) is 5.75 Å². The van der Waals surface area contributed by atoms with Gasteiger partial charge in [-0.1, -0.05) is 36.4 Å². The molecular formula is C24H18N2O3. The van der Waals surface area contributed by atoms with Crippen LogP contribution in [0.15, 0.2) is 71.1 Å². The third-order valence-corrected chi connectivity index (χ3v) is 4.86. The third kappa shape index (κ3) is 3.06. The number of rotatable bonds is 4. The molecule has 0 bridgehead atoms. The lowest BCUT2D eigenvalue weighted by atomic mass is 10.0. The number of amides is 1. The predicted molar refractivity (Wildman–Crippen MR) is 114 cm³/mol. The van der Waals surface area contributed by atoms with Gasteiger partial charge in [-0.15, -0.1) is 0 Å². The van der Waals surface area contributed by atoms with E-state index in [0.717, 1.165) is 39.2 Å². The molecule has 0 saturated heterocycles. The van der Waals surface area contributed by atoms with E-state index in [1.165, 1.54) is 0 Å². The number of carbonyl (C=O) groups is 1. The van der Waals surface area contributed by atoms with Crippen LogP contribution < -0.4 is 10.1 Å². The fourth-order valence-electron chi connectivity index (χ4n) is 3.51. The Balaban J connectivity index is 1.55. The van der Waals surface area contributed by atoms with Gasteiger partial charge in [0.1, 0.15) is 11.3 Å². The number of nitrogens with one attached hydrogen (secondary N) is 1. The van der Waals surface area contributed by atoms with Crippen LogP contribution in [-0.2, 0) is 4.79 Å². The summed E-state index contributed by atoms with van der Waals surface area (Å²) >= 11 is 0. The van der Waals surface area contributed by atoms with Crippen molar-refractivity contribution in [2.24, 2.45) is 0 Å². The summed E-state index contributed by atoms with van der Waals surface area (Å²) in [6.07, 6.45) is 1.87. The summed E-state index contributed by atoms with van der Waals surface area (Å²) in [5, 5.41) is 2.95. The minimum atomic E-state index is -0.138. The van der Waals surface area contributed by atoms with E-state index in [-0.39, 0.29) is 5.91 Å². The average Bonchev–Trinajstić information content (AvgIpc) is 3.30. The van der Waals surface area contributed by atoms with Crippen LogP contribution >= 0.6 is 0 Å². The van der Waals surface area contributed by atoms with Gasteiger partial charge in [0.15, 0.2) is 5.58 Å². The van der Waals surface area contributed by atoms with Crippen LogP contribution in [0.25, 0.3) is 34.2 Å². The topological polar surface area (TPSA) is 64.4 Å². The lowest BCUT2D eigenvalue weighted by molar-refractivity contribution is -0.110. The standard InChI is InChI=1S/C24H18N2O3/c1-2-28-21-9-5-3-7-15(21)13-18-17-12-11-16(14-20(17)25-23(18)27)24-26-19-8-4-6-10-22(19)29-24/h3-14H,2H2,1H3,(H,25,27)/b18-13+. The van der Waals surface area contributed by atoms with Crippen molar-refractivity contribution in [3.05, 3.63) is 77.9 Å². The predicted octanol–water partition coefficient (Wildman–Crippen LogP) is 5.39. The Morgan fingerprint density at radius 1 is 1.07 bits per heavy atom. The lowest BCUT2D eigenvalue weighted by Gasteiger charge is -2.07. The molecule has 1 N–H and O–H groups in total. The highest BCUT2D eigenvalue weighted by atomic mass is 16.5. The second kappa shape index (κ2) is 6.95. The van der Waals surface area contributed by atoms with Crippen molar-refractivity contribution in [1.82, 2.24) is 4.98 Å². The first-order chi connectivity index (χ1) is 14.2. The summed E-state index contributed by atoms with van der Waals surface area (Å²) in [6.45, 7) is 2.51. The SMILES string of the molecule is CCOc1ccccc1/C=C1/C(=O)Nc2cc(-c3nc4ccccc4o3)ccc21. The fraction of sp³-hybridized carbons (Fsp3) is 0.0833. The first-order valence-corrected chi connectivity index (χ1v) is 9.48. The minimum Gasteiger partial charge on any atom is -0.493 e. The molecule has 4 aromatic rings. The maximum absolute atomic E-state index is 12.6. The van der Waals surface area contributed by atoms with Crippen molar-refractivity contribution in [3.8, 4) is 17.2 Å². The van der Waals surface area contributed by atoms with E-state index in [9.17, 15) is 4.79 Å². The summed E-state index contributed by atoms with van der Waals surface area (Å²) < 4.78 is 11.5. The van der Waals surface area contributed by atoms with Gasteiger partial charge in [0, 0.05) is 28.0 Å². The number of oxazole rings is 1. The van der Waals surface area contributed by atoms with Gasteiger partial charge in [-0.3, -0.25) is 4.79 Å². The highest BCUT2D eigenvalue weighted by Gasteiger charge is 2.25. The van der Waals surface area contributed by atoms with Gasteiger partial charge in [0.2, 0.25) is 5.89 Å². The molecule has 0 saturated carbocycles. The van der Waals surface area contributed by atoms with Gasteiger partial charge in [0.25, 0.3) is 5.91 Å². The molecule has 0 spiro atoms. The molecule has 142 valence electrons. The highest BCUT2D eigenvalue weighted by Crippen LogP contribution is 2.37. The molecule has 1 aromatic heterocycles. The van der Waals surface area contributed by atoms with E-state index in [0.29, 0.717) is 18.1 Å². The van der Waals surface area contributed by atoms with Gasteiger partial charge in [-0.25, -0.2) is 4.98 Å². The summed E-state index contributed by atoms with van der Waals surface area (Å²) in [5.74, 6) is 1.15. The van der Waals surface area contributed by atoms with Crippen LogP contribution in [0, 0.1) is 0 Å². The number of anilines is 1. The number of para-hydroxylation sites is 3. The zero-order valence-corrected chi connectivity index (χ0v) is 15.8. The molecule has 0 unspecified atom stereocenters. The molecule has 29 heavy (non-hydrogen) atoms. The Kier molecular flexibility index (Phi) is 4.13. The number of benzene rings is 3. The third-order valence-electron chi connectivity index (χ3n) is 4.86. The number of hydrogen-bond acceptors (Lipinski definition) is 4. The van der Waals surface area contributed by atoms with Gasteiger partial charge in [0.05, 0.1) is 6.61 Å². The highest BCUT2D eigenvalue weighted by molar-refractivity contribution is 6.35. The molecule has 0 radical (unpaired) electrons. The zero-order valence-electron chi connectivity index (χ0n) is 15.8. The Bertz CT molecular complexity index is 1240. The van der Waals surface area contributed by atoms with Crippen molar-refractivity contribution >= 4 is 34.3 Å². The summed E-state index contributed by atoms with van der Waals surface area (Å²) in [4.78, 5) is 17.2. The molecule has 1 aliphatic rings. The number of nitrogens with zero attached hydrogens (tertiary/aromatic N) is 1. The molecule has 0 atom stereocenters. The van der Waals surface area contributed by atoms with Crippen molar-refractivity contribution < 1.29 is 13.9 Å². The maximum Gasteiger partial charge on any atom is 0.256 e. The van der Waals surface area contributed by atoms with Gasteiger partial charge < -0.3 is 14.5 Å². The van der Waals surface area contributed by atoms with Crippen LogP contribution in [0.2, 0.25) is 0 Å². The first kappa shape index (κ1) is 17.3. The Morgan fingerprint density at radius 3 is 2.76 bits per heavy atom. The zero-order chi connectivity index (χ0) is 19.8. The minimum absolute atomic E-state index is 0.138. The average molecular weight is 382 g/mol. The summed E-state index contributed by atoms with van der Waals surface area (Å²) in [5.41, 5.74) is 5.43. The number of hydrogen-bond donors (Lipinski definition) is 1. The van der Waals surface area contributed by atoms with Crippen molar-refractivity contribution in [1.29, 1.82) is 0 Å². The summed E-state index contributed by atoms with van der Waals surface area (Å²) in [7, 11) is 0. The molecule has 1 amide bonds. The normalized spacial score (nSPS) is 14.2. The second-order valence-corrected chi connectivity index (χ2v) is 6.73. The molecule has 1 aliphatic heterocycles. The van der Waals surface area contributed by atoms with E-state index < -0.39 is 0 Å². The second-order valence-electron chi connectivity index (χ2n) is 6.73. The smallest absolute Gasteiger partial charge is 0.256 e. The number of ether oxygens (including phenoxy) is 1. The van der Waals surface area contributed by atoms with E-state index in [1.54, 1.807) is 0 Å². The van der Waals surface area contributed by atoms with E-state index in [2.05, 4.69) is 10.3 Å². The lowest BCUT2D eigenvalue weighted by Crippen LogP contribution is -2.03. The number of aromatic nitrogens is 1. The van der Waals surface area contributed by atoms with Crippen LogP contribution in [0.3, 0.4) is 0 Å². The molecule has 3 aromatic carbocycles. The molecule has 5 heteroatoms. The van der Waals surface area contributed by atoms with Crippen LogP contribution in [-0.4, -0.2) is 17.5 Å². The Hall–Kier alpha value is -3.86. The molecule has 0 fully saturated rings. The fourth-order valence-corrected chi connectivity index (χ4v) is 3.51. The molecule has 5 rings (SSSR count). The first-order valence-electron chi connectivity index (χ1n) is 9.48.